The quantitative estimate of drug-likeness (QED) is 0.600. The molecule has 1 heteroatoms. The van der Waals surface area contributed by atoms with Crippen LogP contribution in [0.5, 0.6) is 0 Å². The molecular formula is C13H18O. The monoisotopic (exact) mass is 190 g/mol. The number of rotatable bonds is 5. The molecule has 0 amide bonds. The van der Waals surface area contributed by atoms with Crippen molar-refractivity contribution in [1.29, 1.82) is 0 Å². The average molecular weight is 190 g/mol. The maximum atomic E-state index is 5.42. The van der Waals surface area contributed by atoms with E-state index in [0.29, 0.717) is 0 Å². The van der Waals surface area contributed by atoms with Gasteiger partial charge in [-0.2, -0.15) is 0 Å². The van der Waals surface area contributed by atoms with E-state index >= 15 is 0 Å². The molecular weight excluding hydrogens is 172 g/mol. The van der Waals surface area contributed by atoms with E-state index in [1.165, 1.54) is 11.1 Å². The fraction of sp³-hybridized carbons (Fsp3) is 0.385. The second kappa shape index (κ2) is 5.48. The van der Waals surface area contributed by atoms with Crippen LogP contribution in [0.2, 0.25) is 0 Å². The highest BCUT2D eigenvalue weighted by Gasteiger charge is 2.11. The molecule has 76 valence electrons. The molecule has 0 aromatic heterocycles. The fourth-order valence-corrected chi connectivity index (χ4v) is 1.54. The average Bonchev–Trinajstić information content (AvgIpc) is 2.67. The Bertz CT molecular complexity index is 282. The maximum absolute atomic E-state index is 5.42. The van der Waals surface area contributed by atoms with Gasteiger partial charge in [0.1, 0.15) is 5.76 Å². The largest absolute Gasteiger partial charge is 0.493 e. The van der Waals surface area contributed by atoms with Gasteiger partial charge in [-0.05, 0) is 24.5 Å². The first-order chi connectivity index (χ1) is 6.81. The fourth-order valence-electron chi connectivity index (χ4n) is 1.54. The van der Waals surface area contributed by atoms with Crippen molar-refractivity contribution in [1.82, 2.24) is 0 Å². The zero-order valence-corrected chi connectivity index (χ0v) is 8.88. The zero-order valence-electron chi connectivity index (χ0n) is 8.88. The molecule has 0 spiro atoms. The summed E-state index contributed by atoms with van der Waals surface area (Å²) in [5.41, 5.74) is 2.65. The SMILES string of the molecule is C=CC1=C(C/C=C(\C=C)CC)CCO1. The summed E-state index contributed by atoms with van der Waals surface area (Å²) in [5, 5.41) is 0. The van der Waals surface area contributed by atoms with Crippen LogP contribution in [-0.4, -0.2) is 6.61 Å². The Morgan fingerprint density at radius 2 is 2.29 bits per heavy atom. The Morgan fingerprint density at radius 3 is 2.86 bits per heavy atom. The third-order valence-corrected chi connectivity index (χ3v) is 2.48. The second-order valence-corrected chi connectivity index (χ2v) is 3.31. The molecule has 0 aromatic rings. The van der Waals surface area contributed by atoms with Gasteiger partial charge in [-0.25, -0.2) is 0 Å². The predicted molar refractivity (Wildman–Crippen MR) is 61.0 cm³/mol. The zero-order chi connectivity index (χ0) is 10.4. The maximum Gasteiger partial charge on any atom is 0.118 e. The van der Waals surface area contributed by atoms with Gasteiger partial charge in [0.25, 0.3) is 0 Å². The lowest BCUT2D eigenvalue weighted by Crippen LogP contribution is -1.82. The molecule has 1 heterocycles. The highest BCUT2D eigenvalue weighted by Crippen LogP contribution is 2.23. The summed E-state index contributed by atoms with van der Waals surface area (Å²) in [6.07, 6.45) is 8.99. The first-order valence-electron chi connectivity index (χ1n) is 5.10. The van der Waals surface area contributed by atoms with Crippen molar-refractivity contribution >= 4 is 0 Å². The molecule has 0 N–H and O–H groups in total. The van der Waals surface area contributed by atoms with Crippen LogP contribution < -0.4 is 0 Å². The number of hydrogen-bond acceptors (Lipinski definition) is 1. The van der Waals surface area contributed by atoms with Crippen molar-refractivity contribution < 1.29 is 4.74 Å². The topological polar surface area (TPSA) is 9.23 Å². The van der Waals surface area contributed by atoms with Crippen LogP contribution in [0, 0.1) is 0 Å². The molecule has 0 atom stereocenters. The molecule has 14 heavy (non-hydrogen) atoms. The van der Waals surface area contributed by atoms with Gasteiger partial charge in [0.2, 0.25) is 0 Å². The molecule has 1 aliphatic rings. The Hall–Kier alpha value is -1.24. The predicted octanol–water partition coefficient (Wildman–Crippen LogP) is 3.76. The molecule has 0 unspecified atom stereocenters. The Balaban J connectivity index is 2.64. The van der Waals surface area contributed by atoms with Gasteiger partial charge in [-0.15, -0.1) is 0 Å². The van der Waals surface area contributed by atoms with Crippen molar-refractivity contribution in [2.75, 3.05) is 6.61 Å². The summed E-state index contributed by atoms with van der Waals surface area (Å²) in [5.74, 6) is 0.973. The van der Waals surface area contributed by atoms with E-state index in [2.05, 4.69) is 26.2 Å². The lowest BCUT2D eigenvalue weighted by atomic mass is 10.1. The Morgan fingerprint density at radius 1 is 1.50 bits per heavy atom. The lowest BCUT2D eigenvalue weighted by Gasteiger charge is -2.00. The minimum absolute atomic E-state index is 0.806. The molecule has 1 nitrogen and oxygen atoms in total. The lowest BCUT2D eigenvalue weighted by molar-refractivity contribution is 0.257. The van der Waals surface area contributed by atoms with Crippen LogP contribution >= 0.6 is 0 Å². The summed E-state index contributed by atoms with van der Waals surface area (Å²) < 4.78 is 5.42. The van der Waals surface area contributed by atoms with Crippen LogP contribution in [0.25, 0.3) is 0 Å². The van der Waals surface area contributed by atoms with E-state index in [1.807, 2.05) is 6.08 Å². The minimum atomic E-state index is 0.806. The summed E-state index contributed by atoms with van der Waals surface area (Å²) >= 11 is 0. The molecule has 1 aliphatic heterocycles. The van der Waals surface area contributed by atoms with Crippen molar-refractivity contribution in [2.24, 2.45) is 0 Å². The standard InChI is InChI=1S/C13H18O/c1-4-11(5-2)7-8-12-9-10-14-13(12)6-3/h4,6-7H,1,3,5,8-10H2,2H3/b11-7+. The third kappa shape index (κ3) is 2.63. The van der Waals surface area contributed by atoms with Crippen molar-refractivity contribution in [3.63, 3.8) is 0 Å². The molecule has 0 saturated heterocycles. The Kier molecular flexibility index (Phi) is 4.24. The first-order valence-corrected chi connectivity index (χ1v) is 5.10. The summed E-state index contributed by atoms with van der Waals surface area (Å²) in [4.78, 5) is 0. The smallest absolute Gasteiger partial charge is 0.118 e. The van der Waals surface area contributed by atoms with Gasteiger partial charge >= 0.3 is 0 Å². The van der Waals surface area contributed by atoms with E-state index in [9.17, 15) is 0 Å². The van der Waals surface area contributed by atoms with Crippen LogP contribution in [0.3, 0.4) is 0 Å². The molecule has 0 aliphatic carbocycles. The number of ether oxygens (including phenoxy) is 1. The van der Waals surface area contributed by atoms with Crippen LogP contribution in [0.1, 0.15) is 26.2 Å². The van der Waals surface area contributed by atoms with Crippen LogP contribution in [-0.2, 0) is 4.74 Å². The minimum Gasteiger partial charge on any atom is -0.493 e. The van der Waals surface area contributed by atoms with Gasteiger partial charge in [0.05, 0.1) is 6.61 Å². The molecule has 0 aromatic carbocycles. The molecule has 0 radical (unpaired) electrons. The highest BCUT2D eigenvalue weighted by atomic mass is 16.5. The molecule has 0 saturated carbocycles. The van der Waals surface area contributed by atoms with Gasteiger partial charge in [-0.3, -0.25) is 0 Å². The van der Waals surface area contributed by atoms with Crippen molar-refractivity contribution in [3.8, 4) is 0 Å². The van der Waals surface area contributed by atoms with Crippen molar-refractivity contribution in [2.45, 2.75) is 26.2 Å². The van der Waals surface area contributed by atoms with E-state index < -0.39 is 0 Å². The number of allylic oxidation sites excluding steroid dienone is 4. The van der Waals surface area contributed by atoms with Gasteiger partial charge in [0, 0.05) is 6.42 Å². The molecule has 0 fully saturated rings. The first kappa shape index (κ1) is 10.8. The third-order valence-electron chi connectivity index (χ3n) is 2.48. The van der Waals surface area contributed by atoms with E-state index in [0.717, 1.165) is 31.6 Å². The van der Waals surface area contributed by atoms with E-state index in [4.69, 9.17) is 4.74 Å². The van der Waals surface area contributed by atoms with Crippen LogP contribution in [0.4, 0.5) is 0 Å². The number of hydrogen-bond donors (Lipinski definition) is 0. The van der Waals surface area contributed by atoms with Gasteiger partial charge in [0.15, 0.2) is 0 Å². The van der Waals surface area contributed by atoms with E-state index in [1.54, 1.807) is 6.08 Å². The highest BCUT2D eigenvalue weighted by molar-refractivity contribution is 5.26. The second-order valence-electron chi connectivity index (χ2n) is 3.31. The van der Waals surface area contributed by atoms with Crippen molar-refractivity contribution in [3.05, 3.63) is 48.3 Å². The normalized spacial score (nSPS) is 16.8. The van der Waals surface area contributed by atoms with Gasteiger partial charge < -0.3 is 4.74 Å². The Labute approximate surface area is 86.5 Å². The summed E-state index contributed by atoms with van der Waals surface area (Å²) in [6.45, 7) is 10.5. The van der Waals surface area contributed by atoms with Gasteiger partial charge in [-0.1, -0.05) is 37.8 Å². The molecule has 1 rings (SSSR count). The summed E-state index contributed by atoms with van der Waals surface area (Å²) in [6, 6.07) is 0. The van der Waals surface area contributed by atoms with E-state index in [-0.39, 0.29) is 0 Å². The summed E-state index contributed by atoms with van der Waals surface area (Å²) in [7, 11) is 0. The van der Waals surface area contributed by atoms with Crippen LogP contribution in [0.15, 0.2) is 48.3 Å². The molecule has 0 bridgehead atoms.